The number of unbranched alkanes of at least 4 members (excludes halogenated alkanes) is 13. The first kappa shape index (κ1) is 23.1. The summed E-state index contributed by atoms with van der Waals surface area (Å²) in [6.07, 6.45) is 17.3. The Hall–Kier alpha value is -0.880. The Morgan fingerprint density at radius 1 is 0.792 bits per heavy atom. The van der Waals surface area contributed by atoms with Gasteiger partial charge in [-0.05, 0) is 12.8 Å². The molecular formula is C18H34O5S. The molecule has 5 nitrogen and oxygen atoms in total. The molecule has 142 valence electrons. The molecule has 0 saturated carbocycles. The van der Waals surface area contributed by atoms with Gasteiger partial charge in [-0.3, -0.25) is 4.55 Å². The third-order valence-electron chi connectivity index (χ3n) is 4.13. The first-order valence-corrected chi connectivity index (χ1v) is 10.7. The van der Waals surface area contributed by atoms with E-state index in [0.717, 1.165) is 25.3 Å². The van der Waals surface area contributed by atoms with E-state index in [1.807, 2.05) is 0 Å². The van der Waals surface area contributed by atoms with Crippen LogP contribution in [0.2, 0.25) is 0 Å². The van der Waals surface area contributed by atoms with Crippen molar-refractivity contribution in [1.29, 1.82) is 0 Å². The maximum Gasteiger partial charge on any atom is 0.349 e. The molecule has 0 atom stereocenters. The Morgan fingerprint density at radius 2 is 1.17 bits per heavy atom. The van der Waals surface area contributed by atoms with Gasteiger partial charge in [-0.1, -0.05) is 90.0 Å². The Balaban J connectivity index is 3.50. The molecule has 0 aromatic carbocycles. The van der Waals surface area contributed by atoms with Crippen LogP contribution >= 0.6 is 0 Å². The molecule has 0 aliphatic carbocycles. The quantitative estimate of drug-likeness (QED) is 0.220. The van der Waals surface area contributed by atoms with Crippen LogP contribution in [0.25, 0.3) is 0 Å². The zero-order valence-electron chi connectivity index (χ0n) is 15.0. The summed E-state index contributed by atoms with van der Waals surface area (Å²) in [5.41, 5.74) is 0. The molecule has 0 heterocycles. The lowest BCUT2D eigenvalue weighted by atomic mass is 10.0. The predicted octanol–water partition coefficient (Wildman–Crippen LogP) is 5.32. The molecule has 0 spiro atoms. The van der Waals surface area contributed by atoms with Gasteiger partial charge in [0.1, 0.15) is 0 Å². The molecule has 0 aromatic rings. The molecule has 0 radical (unpaired) electrons. The predicted molar refractivity (Wildman–Crippen MR) is 97.6 cm³/mol. The fraction of sp³-hybridized carbons (Fsp3) is 0.833. The largest absolute Gasteiger partial charge is 0.477 e. The second-order valence-electron chi connectivity index (χ2n) is 6.38. The molecule has 0 saturated heterocycles. The summed E-state index contributed by atoms with van der Waals surface area (Å²) >= 11 is 0. The summed E-state index contributed by atoms with van der Waals surface area (Å²) in [5.74, 6) is -1.60. The summed E-state index contributed by atoms with van der Waals surface area (Å²) in [5, 5.41) is 8.71. The van der Waals surface area contributed by atoms with E-state index in [1.54, 1.807) is 0 Å². The Morgan fingerprint density at radius 3 is 1.50 bits per heavy atom. The van der Waals surface area contributed by atoms with Gasteiger partial charge in [0.15, 0.2) is 4.91 Å². The number of aliphatic carboxylic acids is 1. The molecule has 6 heteroatoms. The molecule has 0 unspecified atom stereocenters. The van der Waals surface area contributed by atoms with Crippen molar-refractivity contribution < 1.29 is 22.9 Å². The van der Waals surface area contributed by atoms with Crippen LogP contribution in [0.4, 0.5) is 0 Å². The second kappa shape index (κ2) is 14.5. The third-order valence-corrected chi connectivity index (χ3v) is 5.02. The van der Waals surface area contributed by atoms with Crippen molar-refractivity contribution >= 4 is 16.1 Å². The number of rotatable bonds is 16. The number of carbonyl (C=O) groups is 1. The maximum atomic E-state index is 10.8. The maximum absolute atomic E-state index is 10.8. The summed E-state index contributed by atoms with van der Waals surface area (Å²) < 4.78 is 30.5. The molecule has 0 aliphatic rings. The number of carboxylic acid groups (broad SMARTS) is 1. The molecule has 0 aliphatic heterocycles. The van der Waals surface area contributed by atoms with Gasteiger partial charge in [0.2, 0.25) is 0 Å². The topological polar surface area (TPSA) is 91.7 Å². The Bertz CT molecular complexity index is 454. The van der Waals surface area contributed by atoms with E-state index in [1.165, 1.54) is 64.2 Å². The highest BCUT2D eigenvalue weighted by Gasteiger charge is 2.20. The summed E-state index contributed by atoms with van der Waals surface area (Å²) in [6, 6.07) is 0. The number of carboxylic acids is 1. The highest BCUT2D eigenvalue weighted by molar-refractivity contribution is 7.90. The molecule has 0 bridgehead atoms. The van der Waals surface area contributed by atoms with Gasteiger partial charge >= 0.3 is 16.1 Å². The van der Waals surface area contributed by atoms with E-state index in [9.17, 15) is 13.2 Å². The van der Waals surface area contributed by atoms with Gasteiger partial charge in [0, 0.05) is 0 Å². The summed E-state index contributed by atoms with van der Waals surface area (Å²) in [7, 11) is -4.62. The van der Waals surface area contributed by atoms with Crippen LogP contribution in [0.5, 0.6) is 0 Å². The molecular weight excluding hydrogens is 328 g/mol. The zero-order valence-corrected chi connectivity index (χ0v) is 15.8. The number of allylic oxidation sites excluding steroid dienone is 1. The van der Waals surface area contributed by atoms with Gasteiger partial charge in [0.25, 0.3) is 0 Å². The molecule has 24 heavy (non-hydrogen) atoms. The van der Waals surface area contributed by atoms with Crippen molar-refractivity contribution in [2.75, 3.05) is 0 Å². The SMILES string of the molecule is CCCCCCCCCCCCCCCC=C(C(=O)O)S(=O)(=O)O. The minimum absolute atomic E-state index is 0.360. The van der Waals surface area contributed by atoms with Crippen molar-refractivity contribution in [3.8, 4) is 0 Å². The van der Waals surface area contributed by atoms with Crippen molar-refractivity contribution in [2.45, 2.75) is 96.8 Å². The van der Waals surface area contributed by atoms with Crippen LogP contribution in [0.1, 0.15) is 96.8 Å². The molecule has 0 amide bonds. The fourth-order valence-electron chi connectivity index (χ4n) is 2.70. The van der Waals surface area contributed by atoms with E-state index < -0.39 is 21.0 Å². The van der Waals surface area contributed by atoms with Crippen LogP contribution in [0, 0.1) is 0 Å². The van der Waals surface area contributed by atoms with Gasteiger partial charge < -0.3 is 5.11 Å². The van der Waals surface area contributed by atoms with Crippen LogP contribution < -0.4 is 0 Å². The lowest BCUT2D eigenvalue weighted by molar-refractivity contribution is -0.131. The first-order chi connectivity index (χ1) is 11.4. The smallest absolute Gasteiger partial charge is 0.349 e. The minimum atomic E-state index is -4.62. The van der Waals surface area contributed by atoms with E-state index in [4.69, 9.17) is 9.66 Å². The van der Waals surface area contributed by atoms with Crippen molar-refractivity contribution in [3.63, 3.8) is 0 Å². The lowest BCUT2D eigenvalue weighted by Gasteiger charge is -2.03. The summed E-state index contributed by atoms with van der Waals surface area (Å²) in [4.78, 5) is 9.79. The third kappa shape index (κ3) is 13.5. The van der Waals surface area contributed by atoms with Crippen LogP contribution in [-0.2, 0) is 14.9 Å². The average molecular weight is 363 g/mol. The first-order valence-electron chi connectivity index (χ1n) is 9.30. The Kier molecular flexibility index (Phi) is 13.9. The molecule has 0 aromatic heterocycles. The minimum Gasteiger partial charge on any atom is -0.477 e. The standard InChI is InChI=1S/C18H34O5S/c1-2-3-4-5-6-7-8-9-10-11-12-13-14-15-16-17(18(19)20)24(21,22)23/h16H,2-15H2,1H3,(H,19,20)(H,21,22,23). The average Bonchev–Trinajstić information content (AvgIpc) is 2.49. The van der Waals surface area contributed by atoms with Gasteiger partial charge in [-0.2, -0.15) is 8.42 Å². The second-order valence-corrected chi connectivity index (χ2v) is 7.77. The monoisotopic (exact) mass is 362 g/mol. The molecule has 0 fully saturated rings. The highest BCUT2D eigenvalue weighted by Crippen LogP contribution is 2.14. The van der Waals surface area contributed by atoms with E-state index in [0.29, 0.717) is 6.42 Å². The number of hydrogen-bond acceptors (Lipinski definition) is 3. The van der Waals surface area contributed by atoms with Crippen LogP contribution in [-0.4, -0.2) is 24.0 Å². The van der Waals surface area contributed by atoms with Crippen molar-refractivity contribution in [2.24, 2.45) is 0 Å². The van der Waals surface area contributed by atoms with Crippen LogP contribution in [0.3, 0.4) is 0 Å². The Labute approximate surface area is 147 Å². The van der Waals surface area contributed by atoms with Gasteiger partial charge in [-0.25, -0.2) is 4.79 Å². The van der Waals surface area contributed by atoms with E-state index >= 15 is 0 Å². The van der Waals surface area contributed by atoms with E-state index in [-0.39, 0.29) is 0 Å². The molecule has 2 N–H and O–H groups in total. The number of hydrogen-bond donors (Lipinski definition) is 2. The van der Waals surface area contributed by atoms with Gasteiger partial charge in [0.05, 0.1) is 0 Å². The normalized spacial score (nSPS) is 12.5. The lowest BCUT2D eigenvalue weighted by Crippen LogP contribution is -2.11. The molecule has 0 rings (SSSR count). The summed E-state index contributed by atoms with van der Waals surface area (Å²) in [6.45, 7) is 2.23. The van der Waals surface area contributed by atoms with Crippen LogP contribution in [0.15, 0.2) is 11.0 Å². The van der Waals surface area contributed by atoms with Gasteiger partial charge in [-0.15, -0.1) is 0 Å². The van der Waals surface area contributed by atoms with Crippen molar-refractivity contribution in [3.05, 3.63) is 11.0 Å². The zero-order chi connectivity index (χ0) is 18.3. The van der Waals surface area contributed by atoms with E-state index in [2.05, 4.69) is 6.92 Å². The fourth-order valence-corrected chi connectivity index (χ4v) is 3.25. The highest BCUT2D eigenvalue weighted by atomic mass is 32.2. The van der Waals surface area contributed by atoms with Crippen molar-refractivity contribution in [1.82, 2.24) is 0 Å².